The van der Waals surface area contributed by atoms with Crippen LogP contribution in [0.5, 0.6) is 0 Å². The fraction of sp³-hybridized carbons (Fsp3) is 0.471. The zero-order valence-electron chi connectivity index (χ0n) is 13.4. The van der Waals surface area contributed by atoms with Gasteiger partial charge < -0.3 is 4.90 Å². The van der Waals surface area contributed by atoms with Gasteiger partial charge in [0.15, 0.2) is 0 Å². The van der Waals surface area contributed by atoms with E-state index in [2.05, 4.69) is 12.2 Å². The van der Waals surface area contributed by atoms with Gasteiger partial charge >= 0.3 is 0 Å². The van der Waals surface area contributed by atoms with Crippen LogP contribution in [-0.2, 0) is 14.8 Å². The summed E-state index contributed by atoms with van der Waals surface area (Å²) < 4.78 is 39.7. The van der Waals surface area contributed by atoms with Gasteiger partial charge in [0.05, 0.1) is 4.90 Å². The highest BCUT2D eigenvalue weighted by Crippen LogP contribution is 2.23. The third kappa shape index (κ3) is 3.67. The summed E-state index contributed by atoms with van der Waals surface area (Å²) in [5.41, 5.74) is 0. The van der Waals surface area contributed by atoms with Crippen molar-refractivity contribution in [3.63, 3.8) is 0 Å². The monoisotopic (exact) mass is 352 g/mol. The minimum atomic E-state index is -3.71. The molecule has 1 aromatic rings. The number of benzene rings is 1. The van der Waals surface area contributed by atoms with Gasteiger partial charge in [0.2, 0.25) is 15.9 Å². The molecule has 0 bridgehead atoms. The van der Waals surface area contributed by atoms with Gasteiger partial charge in [-0.05, 0) is 37.0 Å². The molecule has 1 heterocycles. The van der Waals surface area contributed by atoms with E-state index in [1.54, 1.807) is 4.90 Å². The third-order valence-corrected chi connectivity index (χ3v) is 6.47. The molecule has 7 heteroatoms. The number of hydrogen-bond acceptors (Lipinski definition) is 3. The Morgan fingerprint density at radius 1 is 1.21 bits per heavy atom. The van der Waals surface area contributed by atoms with E-state index in [-0.39, 0.29) is 23.9 Å². The van der Waals surface area contributed by atoms with Crippen molar-refractivity contribution in [2.45, 2.75) is 24.2 Å². The average molecular weight is 352 g/mol. The van der Waals surface area contributed by atoms with E-state index in [0.29, 0.717) is 25.4 Å². The van der Waals surface area contributed by atoms with Crippen molar-refractivity contribution >= 4 is 15.9 Å². The van der Waals surface area contributed by atoms with Crippen molar-refractivity contribution in [2.75, 3.05) is 26.2 Å². The number of amides is 1. The van der Waals surface area contributed by atoms with E-state index in [0.717, 1.165) is 18.9 Å². The third-order valence-electron chi connectivity index (χ3n) is 4.57. The summed E-state index contributed by atoms with van der Waals surface area (Å²) in [5, 5.41) is 0. The summed E-state index contributed by atoms with van der Waals surface area (Å²) in [6.07, 6.45) is 6.72. The van der Waals surface area contributed by atoms with E-state index >= 15 is 0 Å². The SMILES string of the molecule is O=C(C[C@H]1C=CCC1)N1CCN(S(=O)(=O)c2cccc(F)c2)CC1. The summed E-state index contributed by atoms with van der Waals surface area (Å²) in [4.78, 5) is 14.0. The topological polar surface area (TPSA) is 57.7 Å². The van der Waals surface area contributed by atoms with Crippen molar-refractivity contribution in [3.8, 4) is 0 Å². The van der Waals surface area contributed by atoms with Crippen LogP contribution >= 0.6 is 0 Å². The summed E-state index contributed by atoms with van der Waals surface area (Å²) in [5.74, 6) is -0.185. The van der Waals surface area contributed by atoms with Gasteiger partial charge in [-0.15, -0.1) is 0 Å². The standard InChI is InChI=1S/C17H21FN2O3S/c18-15-6-3-7-16(13-15)24(22,23)20-10-8-19(9-11-20)17(21)12-14-4-1-2-5-14/h1,3-4,6-7,13-14H,2,5,8-12H2/t14-/m0/s1. The molecule has 1 amide bonds. The molecule has 0 radical (unpaired) electrons. The summed E-state index contributed by atoms with van der Waals surface area (Å²) in [7, 11) is -3.71. The number of nitrogens with zero attached hydrogens (tertiary/aromatic N) is 2. The number of sulfonamides is 1. The zero-order valence-corrected chi connectivity index (χ0v) is 14.2. The Labute approximate surface area is 141 Å². The number of piperazine rings is 1. The van der Waals surface area contributed by atoms with Crippen LogP contribution in [0.2, 0.25) is 0 Å². The van der Waals surface area contributed by atoms with Gasteiger partial charge in [-0.3, -0.25) is 4.79 Å². The lowest BCUT2D eigenvalue weighted by atomic mass is 10.0. The Hall–Kier alpha value is -1.73. The summed E-state index contributed by atoms with van der Waals surface area (Å²) >= 11 is 0. The van der Waals surface area contributed by atoms with Gasteiger partial charge in [-0.1, -0.05) is 18.2 Å². The molecule has 1 atom stereocenters. The number of hydrogen-bond donors (Lipinski definition) is 0. The highest BCUT2D eigenvalue weighted by atomic mass is 32.2. The van der Waals surface area contributed by atoms with Crippen LogP contribution in [-0.4, -0.2) is 49.7 Å². The quantitative estimate of drug-likeness (QED) is 0.779. The van der Waals surface area contributed by atoms with Crippen LogP contribution in [0, 0.1) is 11.7 Å². The molecule has 0 N–H and O–H groups in total. The Morgan fingerprint density at radius 2 is 1.96 bits per heavy atom. The highest BCUT2D eigenvalue weighted by Gasteiger charge is 2.30. The Balaban J connectivity index is 1.60. The molecule has 0 aromatic heterocycles. The van der Waals surface area contributed by atoms with E-state index in [1.165, 1.54) is 22.5 Å². The second-order valence-electron chi connectivity index (χ2n) is 6.21. The molecule has 1 saturated heterocycles. The average Bonchev–Trinajstić information content (AvgIpc) is 3.08. The molecule has 1 fully saturated rings. The van der Waals surface area contributed by atoms with Crippen LogP contribution in [0.3, 0.4) is 0 Å². The maximum Gasteiger partial charge on any atom is 0.243 e. The van der Waals surface area contributed by atoms with Gasteiger partial charge in [0.25, 0.3) is 0 Å². The van der Waals surface area contributed by atoms with E-state index in [1.807, 2.05) is 0 Å². The van der Waals surface area contributed by atoms with Crippen molar-refractivity contribution in [3.05, 3.63) is 42.2 Å². The Morgan fingerprint density at radius 3 is 2.58 bits per heavy atom. The molecule has 0 saturated carbocycles. The molecule has 1 aliphatic heterocycles. The van der Waals surface area contributed by atoms with Crippen LogP contribution in [0.25, 0.3) is 0 Å². The molecular weight excluding hydrogens is 331 g/mol. The highest BCUT2D eigenvalue weighted by molar-refractivity contribution is 7.89. The number of rotatable bonds is 4. The second-order valence-corrected chi connectivity index (χ2v) is 8.15. The molecule has 0 unspecified atom stereocenters. The molecule has 5 nitrogen and oxygen atoms in total. The van der Waals surface area contributed by atoms with Gasteiger partial charge in [-0.2, -0.15) is 4.31 Å². The van der Waals surface area contributed by atoms with E-state index in [4.69, 9.17) is 0 Å². The first-order valence-electron chi connectivity index (χ1n) is 8.17. The van der Waals surface area contributed by atoms with Crippen LogP contribution < -0.4 is 0 Å². The second kappa shape index (κ2) is 7.03. The normalized spacial score (nSPS) is 22.0. The maximum atomic E-state index is 13.3. The number of carbonyl (C=O) groups excluding carboxylic acids is 1. The minimum absolute atomic E-state index is 0.0432. The molecule has 2 aliphatic rings. The fourth-order valence-electron chi connectivity index (χ4n) is 3.17. The zero-order chi connectivity index (χ0) is 17.2. The van der Waals surface area contributed by atoms with Crippen molar-refractivity contribution in [1.29, 1.82) is 0 Å². The van der Waals surface area contributed by atoms with E-state index in [9.17, 15) is 17.6 Å². The fourth-order valence-corrected chi connectivity index (χ4v) is 4.63. The predicted molar refractivity (Wildman–Crippen MR) is 88.2 cm³/mol. The number of allylic oxidation sites excluding steroid dienone is 2. The Bertz CT molecular complexity index is 740. The molecule has 3 rings (SSSR count). The first-order valence-corrected chi connectivity index (χ1v) is 9.61. The van der Waals surface area contributed by atoms with E-state index < -0.39 is 15.8 Å². The largest absolute Gasteiger partial charge is 0.340 e. The predicted octanol–water partition coefficient (Wildman–Crippen LogP) is 2.01. The lowest BCUT2D eigenvalue weighted by Gasteiger charge is -2.34. The lowest BCUT2D eigenvalue weighted by molar-refractivity contribution is -0.133. The first-order chi connectivity index (χ1) is 11.5. The van der Waals surface area contributed by atoms with Crippen molar-refractivity contribution in [2.24, 2.45) is 5.92 Å². The molecule has 0 spiro atoms. The summed E-state index contributed by atoms with van der Waals surface area (Å²) in [6, 6.07) is 5.02. The molecular formula is C17H21FN2O3S. The van der Waals surface area contributed by atoms with Crippen LogP contribution in [0.1, 0.15) is 19.3 Å². The van der Waals surface area contributed by atoms with Crippen LogP contribution in [0.4, 0.5) is 4.39 Å². The smallest absolute Gasteiger partial charge is 0.243 e. The maximum absolute atomic E-state index is 13.3. The number of carbonyl (C=O) groups is 1. The van der Waals surface area contributed by atoms with Crippen molar-refractivity contribution < 1.29 is 17.6 Å². The summed E-state index contributed by atoms with van der Waals surface area (Å²) in [6.45, 7) is 1.24. The van der Waals surface area contributed by atoms with Crippen LogP contribution in [0.15, 0.2) is 41.3 Å². The van der Waals surface area contributed by atoms with Gasteiger partial charge in [0.1, 0.15) is 5.82 Å². The minimum Gasteiger partial charge on any atom is -0.340 e. The van der Waals surface area contributed by atoms with Gasteiger partial charge in [-0.25, -0.2) is 12.8 Å². The molecule has 24 heavy (non-hydrogen) atoms. The molecule has 1 aromatic carbocycles. The van der Waals surface area contributed by atoms with Crippen molar-refractivity contribution in [1.82, 2.24) is 9.21 Å². The molecule has 1 aliphatic carbocycles. The number of halogens is 1. The Kier molecular flexibility index (Phi) is 5.01. The molecule has 130 valence electrons. The first kappa shape index (κ1) is 17.1. The van der Waals surface area contributed by atoms with Gasteiger partial charge in [0, 0.05) is 32.6 Å². The lowest BCUT2D eigenvalue weighted by Crippen LogP contribution is -2.50.